The highest BCUT2D eigenvalue weighted by atomic mass is 16.6. The predicted octanol–water partition coefficient (Wildman–Crippen LogP) is 2.28. The fraction of sp³-hybridized carbons (Fsp3) is 0.938. The molecule has 1 amide bonds. The fourth-order valence-electron chi connectivity index (χ4n) is 3.20. The number of hydrogen-bond acceptors (Lipinski definition) is 4. The zero-order valence-electron chi connectivity index (χ0n) is 13.6. The number of amides is 1. The molecule has 21 heavy (non-hydrogen) atoms. The number of rotatable bonds is 2. The van der Waals surface area contributed by atoms with Gasteiger partial charge in [0, 0.05) is 25.2 Å². The lowest BCUT2D eigenvalue weighted by Crippen LogP contribution is -2.49. The number of aliphatic hydroxyl groups is 1. The van der Waals surface area contributed by atoms with Crippen LogP contribution in [0.3, 0.4) is 0 Å². The normalized spacial score (nSPS) is 28.5. The van der Waals surface area contributed by atoms with Crippen LogP contribution < -0.4 is 5.32 Å². The summed E-state index contributed by atoms with van der Waals surface area (Å²) in [5.41, 5.74) is -0.426. The van der Waals surface area contributed by atoms with Gasteiger partial charge in [0.1, 0.15) is 5.60 Å². The summed E-state index contributed by atoms with van der Waals surface area (Å²) in [6.07, 6.45) is 5.66. The van der Waals surface area contributed by atoms with E-state index < -0.39 is 5.60 Å². The Morgan fingerprint density at radius 2 is 1.81 bits per heavy atom. The average Bonchev–Trinajstić information content (AvgIpc) is 2.37. The third-order valence-electron chi connectivity index (χ3n) is 4.26. The molecule has 1 saturated carbocycles. The van der Waals surface area contributed by atoms with Crippen molar-refractivity contribution in [2.45, 2.75) is 83.1 Å². The first-order valence-corrected chi connectivity index (χ1v) is 8.25. The summed E-state index contributed by atoms with van der Waals surface area (Å²) in [6, 6.07) is 0.894. The van der Waals surface area contributed by atoms with Gasteiger partial charge in [-0.25, -0.2) is 4.79 Å². The molecule has 2 unspecified atom stereocenters. The van der Waals surface area contributed by atoms with Crippen molar-refractivity contribution in [2.24, 2.45) is 0 Å². The van der Waals surface area contributed by atoms with Crippen LogP contribution in [-0.4, -0.2) is 53.0 Å². The number of carbonyl (C=O) groups excluding carboxylic acids is 1. The largest absolute Gasteiger partial charge is 0.444 e. The van der Waals surface area contributed by atoms with Crippen LogP contribution in [0.5, 0.6) is 0 Å². The lowest BCUT2D eigenvalue weighted by atomic mass is 9.91. The average molecular weight is 298 g/mol. The summed E-state index contributed by atoms with van der Waals surface area (Å²) in [6.45, 7) is 7.19. The first-order chi connectivity index (χ1) is 9.83. The monoisotopic (exact) mass is 298 g/mol. The highest BCUT2D eigenvalue weighted by molar-refractivity contribution is 5.68. The number of carbonyl (C=O) groups is 1. The number of ether oxygens (including phenoxy) is 1. The van der Waals surface area contributed by atoms with Crippen LogP contribution in [0.4, 0.5) is 4.79 Å². The highest BCUT2D eigenvalue weighted by Gasteiger charge is 2.29. The van der Waals surface area contributed by atoms with Gasteiger partial charge >= 0.3 is 6.09 Å². The number of hydrogen-bond donors (Lipinski definition) is 2. The number of nitrogens with one attached hydrogen (secondary N) is 1. The Bertz CT molecular complexity index is 346. The second-order valence-corrected chi connectivity index (χ2v) is 7.43. The van der Waals surface area contributed by atoms with E-state index in [2.05, 4.69) is 5.32 Å². The third kappa shape index (κ3) is 5.47. The van der Waals surface area contributed by atoms with Gasteiger partial charge in [-0.15, -0.1) is 0 Å². The van der Waals surface area contributed by atoms with E-state index in [4.69, 9.17) is 4.74 Å². The molecule has 122 valence electrons. The molecule has 2 rings (SSSR count). The molecule has 0 bridgehead atoms. The molecule has 2 fully saturated rings. The molecule has 0 aromatic heterocycles. The van der Waals surface area contributed by atoms with Gasteiger partial charge < -0.3 is 20.1 Å². The summed E-state index contributed by atoms with van der Waals surface area (Å²) in [5.74, 6) is 0. The zero-order chi connectivity index (χ0) is 15.5. The first kappa shape index (κ1) is 16.6. The smallest absolute Gasteiger partial charge is 0.410 e. The van der Waals surface area contributed by atoms with Gasteiger partial charge in [0.05, 0.1) is 6.10 Å². The van der Waals surface area contributed by atoms with Crippen molar-refractivity contribution in [3.05, 3.63) is 0 Å². The molecule has 0 radical (unpaired) electrons. The van der Waals surface area contributed by atoms with Gasteiger partial charge in [-0.2, -0.15) is 0 Å². The van der Waals surface area contributed by atoms with Crippen molar-refractivity contribution in [2.75, 3.05) is 13.1 Å². The van der Waals surface area contributed by atoms with Gasteiger partial charge in [-0.1, -0.05) is 0 Å². The first-order valence-electron chi connectivity index (χ1n) is 8.25. The minimum absolute atomic E-state index is 0.141. The van der Waals surface area contributed by atoms with Gasteiger partial charge in [-0.3, -0.25) is 0 Å². The molecule has 0 spiro atoms. The number of nitrogens with zero attached hydrogens (tertiary/aromatic N) is 1. The molecule has 2 atom stereocenters. The topological polar surface area (TPSA) is 61.8 Å². The van der Waals surface area contributed by atoms with Crippen LogP contribution >= 0.6 is 0 Å². The van der Waals surface area contributed by atoms with Crippen molar-refractivity contribution in [1.29, 1.82) is 0 Å². The lowest BCUT2D eigenvalue weighted by Gasteiger charge is -2.36. The number of piperidine rings is 1. The Morgan fingerprint density at radius 3 is 2.38 bits per heavy atom. The van der Waals surface area contributed by atoms with E-state index in [1.165, 1.54) is 0 Å². The van der Waals surface area contributed by atoms with E-state index in [9.17, 15) is 9.90 Å². The van der Waals surface area contributed by atoms with E-state index in [0.717, 1.165) is 51.6 Å². The van der Waals surface area contributed by atoms with Crippen molar-refractivity contribution in [3.63, 3.8) is 0 Å². The lowest BCUT2D eigenvalue weighted by molar-refractivity contribution is 0.0191. The molecule has 1 saturated heterocycles. The van der Waals surface area contributed by atoms with Crippen molar-refractivity contribution < 1.29 is 14.6 Å². The maximum atomic E-state index is 12.0. The zero-order valence-corrected chi connectivity index (χ0v) is 13.6. The molecular formula is C16H30N2O3. The minimum Gasteiger partial charge on any atom is -0.444 e. The molecule has 0 aromatic rings. The molecule has 5 heteroatoms. The van der Waals surface area contributed by atoms with Crippen LogP contribution in [0.25, 0.3) is 0 Å². The third-order valence-corrected chi connectivity index (χ3v) is 4.26. The minimum atomic E-state index is -0.426. The molecule has 2 N–H and O–H groups in total. The second-order valence-electron chi connectivity index (χ2n) is 7.43. The molecule has 1 aliphatic carbocycles. The van der Waals surface area contributed by atoms with Gasteiger partial charge in [0.15, 0.2) is 0 Å². The molecule has 1 aliphatic heterocycles. The molecule has 1 heterocycles. The van der Waals surface area contributed by atoms with Gasteiger partial charge in [-0.05, 0) is 59.3 Å². The summed E-state index contributed by atoms with van der Waals surface area (Å²) >= 11 is 0. The SMILES string of the molecule is CC(C)(C)OC(=O)N1CCC(NC2CCCC(O)C2)CC1. The van der Waals surface area contributed by atoms with E-state index in [0.29, 0.717) is 12.1 Å². The van der Waals surface area contributed by atoms with E-state index in [1.807, 2.05) is 20.8 Å². The van der Waals surface area contributed by atoms with Gasteiger partial charge in [0.25, 0.3) is 0 Å². The van der Waals surface area contributed by atoms with Crippen LogP contribution in [0.1, 0.15) is 59.3 Å². The Morgan fingerprint density at radius 1 is 1.14 bits per heavy atom. The Kier molecular flexibility index (Phi) is 5.49. The Labute approximate surface area is 128 Å². The maximum Gasteiger partial charge on any atom is 0.410 e. The van der Waals surface area contributed by atoms with Crippen LogP contribution in [0.15, 0.2) is 0 Å². The number of likely N-dealkylation sites (tertiary alicyclic amines) is 1. The second kappa shape index (κ2) is 6.97. The van der Waals surface area contributed by atoms with Gasteiger partial charge in [0.2, 0.25) is 0 Å². The number of aliphatic hydroxyl groups excluding tert-OH is 1. The molecule has 0 aromatic carbocycles. The summed E-state index contributed by atoms with van der Waals surface area (Å²) in [7, 11) is 0. The van der Waals surface area contributed by atoms with Crippen LogP contribution in [0, 0.1) is 0 Å². The fourth-order valence-corrected chi connectivity index (χ4v) is 3.20. The van der Waals surface area contributed by atoms with Crippen molar-refractivity contribution >= 4 is 6.09 Å². The predicted molar refractivity (Wildman–Crippen MR) is 82.2 cm³/mol. The summed E-state index contributed by atoms with van der Waals surface area (Å²) < 4.78 is 5.41. The van der Waals surface area contributed by atoms with Crippen LogP contribution in [0.2, 0.25) is 0 Å². The standard InChI is InChI=1S/C16H30N2O3/c1-16(2,3)21-15(20)18-9-7-12(8-10-18)17-13-5-4-6-14(19)11-13/h12-14,17,19H,4-11H2,1-3H3. The van der Waals surface area contributed by atoms with Crippen molar-refractivity contribution in [3.8, 4) is 0 Å². The summed E-state index contributed by atoms with van der Waals surface area (Å²) in [4.78, 5) is 13.8. The maximum absolute atomic E-state index is 12.0. The van der Waals surface area contributed by atoms with Crippen LogP contribution in [-0.2, 0) is 4.74 Å². The van der Waals surface area contributed by atoms with E-state index >= 15 is 0 Å². The molecular weight excluding hydrogens is 268 g/mol. The molecule has 2 aliphatic rings. The quantitative estimate of drug-likeness (QED) is 0.821. The Balaban J connectivity index is 1.71. The Hall–Kier alpha value is -0.810. The van der Waals surface area contributed by atoms with Crippen molar-refractivity contribution in [1.82, 2.24) is 10.2 Å². The van der Waals surface area contributed by atoms with E-state index in [1.54, 1.807) is 4.90 Å². The summed E-state index contributed by atoms with van der Waals surface area (Å²) in [5, 5.41) is 13.4. The highest BCUT2D eigenvalue weighted by Crippen LogP contribution is 2.21. The molecule has 5 nitrogen and oxygen atoms in total. The van der Waals surface area contributed by atoms with E-state index in [-0.39, 0.29) is 12.2 Å².